The van der Waals surface area contributed by atoms with E-state index in [2.05, 4.69) is 10.6 Å². The second-order valence-electron chi connectivity index (χ2n) is 5.17. The Labute approximate surface area is 136 Å². The molecule has 0 heterocycles. The predicted octanol–water partition coefficient (Wildman–Crippen LogP) is 0.00580. The molecule has 0 saturated carbocycles. The predicted molar refractivity (Wildman–Crippen MR) is 87.2 cm³/mol. The maximum absolute atomic E-state index is 11.7. The van der Waals surface area contributed by atoms with Crippen LogP contribution in [0, 0.1) is 0 Å². The molecule has 0 atom stereocenters. The molecule has 0 aromatic heterocycles. The first-order valence-electron chi connectivity index (χ1n) is 7.41. The molecule has 1 aromatic carbocycles. The number of methoxy groups -OCH3 is 1. The Kier molecular flexibility index (Phi) is 8.71. The molecular formula is C16H25N3O4. The summed E-state index contributed by atoms with van der Waals surface area (Å²) in [7, 11) is 4.97. The highest BCUT2D eigenvalue weighted by Crippen LogP contribution is 2.13. The van der Waals surface area contributed by atoms with Crippen molar-refractivity contribution < 1.29 is 19.1 Å². The lowest BCUT2D eigenvalue weighted by Crippen LogP contribution is -2.34. The Morgan fingerprint density at radius 2 is 2.04 bits per heavy atom. The molecule has 0 saturated heterocycles. The van der Waals surface area contributed by atoms with E-state index in [4.69, 9.17) is 9.47 Å². The van der Waals surface area contributed by atoms with Gasteiger partial charge >= 0.3 is 0 Å². The summed E-state index contributed by atoms with van der Waals surface area (Å²) in [6.45, 7) is 1.85. The topological polar surface area (TPSA) is 79.9 Å². The molecule has 1 aromatic rings. The van der Waals surface area contributed by atoms with Gasteiger partial charge in [-0.3, -0.25) is 9.59 Å². The molecular weight excluding hydrogens is 298 g/mol. The normalized spacial score (nSPS) is 10.2. The van der Waals surface area contributed by atoms with Crippen LogP contribution in [-0.4, -0.2) is 64.2 Å². The molecule has 0 radical (unpaired) electrons. The van der Waals surface area contributed by atoms with Crippen molar-refractivity contribution in [3.05, 3.63) is 29.8 Å². The third-order valence-electron chi connectivity index (χ3n) is 3.02. The minimum Gasteiger partial charge on any atom is -0.484 e. The van der Waals surface area contributed by atoms with Crippen LogP contribution in [-0.2, 0) is 20.9 Å². The molecule has 0 spiro atoms. The van der Waals surface area contributed by atoms with Crippen LogP contribution in [0.1, 0.15) is 5.56 Å². The number of hydrogen-bond donors (Lipinski definition) is 2. The number of benzene rings is 1. The summed E-state index contributed by atoms with van der Waals surface area (Å²) in [5.41, 5.74) is 0.907. The lowest BCUT2D eigenvalue weighted by atomic mass is 10.2. The van der Waals surface area contributed by atoms with E-state index in [9.17, 15) is 9.59 Å². The highest BCUT2D eigenvalue weighted by Gasteiger charge is 2.06. The van der Waals surface area contributed by atoms with Crippen LogP contribution >= 0.6 is 0 Å². The number of amides is 2. The smallest absolute Gasteiger partial charge is 0.259 e. The first-order valence-corrected chi connectivity index (χ1v) is 7.41. The molecule has 0 bridgehead atoms. The third-order valence-corrected chi connectivity index (χ3v) is 3.02. The van der Waals surface area contributed by atoms with Gasteiger partial charge in [0, 0.05) is 34.3 Å². The summed E-state index contributed by atoms with van der Waals surface area (Å²) in [6.07, 6.45) is 0. The molecule has 0 aliphatic heterocycles. The van der Waals surface area contributed by atoms with E-state index in [0.29, 0.717) is 25.4 Å². The highest BCUT2D eigenvalue weighted by atomic mass is 16.5. The Morgan fingerprint density at radius 1 is 1.26 bits per heavy atom. The van der Waals surface area contributed by atoms with Gasteiger partial charge in [0.15, 0.2) is 6.61 Å². The van der Waals surface area contributed by atoms with Gasteiger partial charge in [-0.15, -0.1) is 0 Å². The third kappa shape index (κ3) is 8.18. The molecule has 0 aliphatic rings. The second-order valence-corrected chi connectivity index (χ2v) is 5.17. The molecule has 7 heteroatoms. The van der Waals surface area contributed by atoms with Crippen LogP contribution in [0.4, 0.5) is 0 Å². The summed E-state index contributed by atoms with van der Waals surface area (Å²) in [5, 5.41) is 5.79. The van der Waals surface area contributed by atoms with Gasteiger partial charge in [-0.2, -0.15) is 0 Å². The summed E-state index contributed by atoms with van der Waals surface area (Å²) in [6, 6.07) is 7.30. The minimum atomic E-state index is -0.106. The molecule has 0 fully saturated rings. The van der Waals surface area contributed by atoms with E-state index in [1.54, 1.807) is 27.3 Å². The van der Waals surface area contributed by atoms with Crippen molar-refractivity contribution in [2.24, 2.45) is 0 Å². The zero-order valence-corrected chi connectivity index (χ0v) is 13.9. The fourth-order valence-corrected chi connectivity index (χ4v) is 1.66. The van der Waals surface area contributed by atoms with Gasteiger partial charge in [-0.25, -0.2) is 0 Å². The van der Waals surface area contributed by atoms with Crippen LogP contribution in [0.15, 0.2) is 24.3 Å². The number of ether oxygens (including phenoxy) is 2. The van der Waals surface area contributed by atoms with Gasteiger partial charge in [0.1, 0.15) is 5.75 Å². The van der Waals surface area contributed by atoms with Crippen LogP contribution in [0.2, 0.25) is 0 Å². The maximum atomic E-state index is 11.7. The zero-order valence-electron chi connectivity index (χ0n) is 13.9. The lowest BCUT2D eigenvalue weighted by Gasteiger charge is -2.12. The van der Waals surface area contributed by atoms with Crippen molar-refractivity contribution in [2.45, 2.75) is 6.54 Å². The molecule has 2 N–H and O–H groups in total. The van der Waals surface area contributed by atoms with E-state index in [0.717, 1.165) is 5.56 Å². The number of rotatable bonds is 10. The Hall–Kier alpha value is -2.12. The van der Waals surface area contributed by atoms with E-state index >= 15 is 0 Å². The van der Waals surface area contributed by atoms with Crippen molar-refractivity contribution in [3.63, 3.8) is 0 Å². The van der Waals surface area contributed by atoms with Crippen molar-refractivity contribution >= 4 is 11.8 Å². The monoisotopic (exact) mass is 323 g/mol. The summed E-state index contributed by atoms with van der Waals surface area (Å²) < 4.78 is 10.3. The van der Waals surface area contributed by atoms with Crippen molar-refractivity contribution in [1.82, 2.24) is 15.5 Å². The van der Waals surface area contributed by atoms with Crippen LogP contribution in [0.25, 0.3) is 0 Å². The number of nitrogens with zero attached hydrogens (tertiary/aromatic N) is 1. The van der Waals surface area contributed by atoms with Gasteiger partial charge in [0.2, 0.25) is 5.91 Å². The van der Waals surface area contributed by atoms with Crippen LogP contribution in [0.5, 0.6) is 5.75 Å². The summed E-state index contributed by atoms with van der Waals surface area (Å²) >= 11 is 0. The number of likely N-dealkylation sites (N-methyl/N-ethyl adjacent to an activating group) is 1. The molecule has 1 rings (SSSR count). The van der Waals surface area contributed by atoms with Crippen molar-refractivity contribution in [1.29, 1.82) is 0 Å². The van der Waals surface area contributed by atoms with E-state index in [1.165, 1.54) is 4.90 Å². The standard InChI is InChI=1S/C16H25N3O4/c1-19(2)16(21)12-23-14-6-4-5-13(9-14)10-18-15(20)11-17-7-8-22-3/h4-6,9,17H,7-8,10-12H2,1-3H3,(H,18,20). The Bertz CT molecular complexity index is 506. The largest absolute Gasteiger partial charge is 0.484 e. The van der Waals surface area contributed by atoms with Gasteiger partial charge < -0.3 is 25.0 Å². The fraction of sp³-hybridized carbons (Fsp3) is 0.500. The molecule has 2 amide bonds. The first kappa shape index (κ1) is 18.9. The first-order chi connectivity index (χ1) is 11.0. The summed E-state index contributed by atoms with van der Waals surface area (Å²) in [5.74, 6) is 0.409. The SMILES string of the molecule is COCCNCC(=O)NCc1cccc(OCC(=O)N(C)C)c1. The average molecular weight is 323 g/mol. The van der Waals surface area contributed by atoms with Gasteiger partial charge in [0.25, 0.3) is 5.91 Å². The number of carbonyl (C=O) groups is 2. The fourth-order valence-electron chi connectivity index (χ4n) is 1.66. The van der Waals surface area contributed by atoms with Gasteiger partial charge in [-0.1, -0.05) is 12.1 Å². The van der Waals surface area contributed by atoms with Gasteiger partial charge in [-0.05, 0) is 17.7 Å². The lowest BCUT2D eigenvalue weighted by molar-refractivity contribution is -0.130. The molecule has 23 heavy (non-hydrogen) atoms. The maximum Gasteiger partial charge on any atom is 0.259 e. The number of nitrogens with one attached hydrogen (secondary N) is 2. The van der Waals surface area contributed by atoms with E-state index in [-0.39, 0.29) is 25.0 Å². The van der Waals surface area contributed by atoms with Crippen LogP contribution < -0.4 is 15.4 Å². The molecule has 7 nitrogen and oxygen atoms in total. The molecule has 0 unspecified atom stereocenters. The van der Waals surface area contributed by atoms with Crippen molar-refractivity contribution in [3.8, 4) is 5.75 Å². The molecule has 0 aliphatic carbocycles. The number of hydrogen-bond acceptors (Lipinski definition) is 5. The second kappa shape index (κ2) is 10.6. The minimum absolute atomic E-state index is 0.00771. The Morgan fingerprint density at radius 3 is 2.74 bits per heavy atom. The quantitative estimate of drug-likeness (QED) is 0.593. The average Bonchev–Trinajstić information content (AvgIpc) is 2.55. The van der Waals surface area contributed by atoms with Crippen molar-refractivity contribution in [2.75, 3.05) is 47.5 Å². The highest BCUT2D eigenvalue weighted by molar-refractivity contribution is 5.78. The zero-order chi connectivity index (χ0) is 17.1. The summed E-state index contributed by atoms with van der Waals surface area (Å²) in [4.78, 5) is 24.6. The van der Waals surface area contributed by atoms with Crippen LogP contribution in [0.3, 0.4) is 0 Å². The molecule has 128 valence electrons. The van der Waals surface area contributed by atoms with E-state index < -0.39 is 0 Å². The number of carbonyl (C=O) groups excluding carboxylic acids is 2. The van der Waals surface area contributed by atoms with Gasteiger partial charge in [0.05, 0.1) is 13.2 Å². The van der Waals surface area contributed by atoms with E-state index in [1.807, 2.05) is 18.2 Å². The Balaban J connectivity index is 2.36.